The number of halogens is 1. The van der Waals surface area contributed by atoms with E-state index in [1.165, 1.54) is 5.57 Å². The lowest BCUT2D eigenvalue weighted by Gasteiger charge is -2.16. The van der Waals surface area contributed by atoms with E-state index in [9.17, 15) is 9.59 Å². The van der Waals surface area contributed by atoms with Gasteiger partial charge in [-0.2, -0.15) is 0 Å². The van der Waals surface area contributed by atoms with Gasteiger partial charge >= 0.3 is 0 Å². The first kappa shape index (κ1) is 20.9. The molecule has 2 N–H and O–H groups in total. The number of benzene rings is 3. The van der Waals surface area contributed by atoms with Crippen LogP contribution in [0.15, 0.2) is 71.8 Å². The van der Waals surface area contributed by atoms with E-state index in [1.54, 1.807) is 0 Å². The molecule has 5 rings (SSSR count). The van der Waals surface area contributed by atoms with Crippen molar-refractivity contribution in [2.45, 2.75) is 44.7 Å². The number of ketones is 1. The molecule has 1 saturated heterocycles. The van der Waals surface area contributed by atoms with Crippen molar-refractivity contribution in [1.29, 1.82) is 0 Å². The molecule has 0 radical (unpaired) electrons. The van der Waals surface area contributed by atoms with Crippen LogP contribution in [0, 0.1) is 0 Å². The van der Waals surface area contributed by atoms with Crippen molar-refractivity contribution in [3.63, 3.8) is 0 Å². The number of carbonyl (C=O) groups excluding carboxylic acids is 2. The van der Waals surface area contributed by atoms with Gasteiger partial charge in [-0.1, -0.05) is 59.6 Å². The van der Waals surface area contributed by atoms with Crippen molar-refractivity contribution in [3.05, 3.63) is 88.0 Å². The number of Topliss-reactive ketones (excluding diaryl/α,β-unsaturated/α-hetero) is 1. The maximum Gasteiger partial charge on any atom is 0.256 e. The minimum atomic E-state index is -0.155. The number of amides is 1. The summed E-state index contributed by atoms with van der Waals surface area (Å²) in [6.45, 7) is 1.95. The highest BCUT2D eigenvalue weighted by molar-refractivity contribution is 6.32. The molecule has 0 spiro atoms. The fraction of sp³-hybridized carbons (Fsp3) is 0.259. The lowest BCUT2D eigenvalue weighted by molar-refractivity contribution is -0.116. The van der Waals surface area contributed by atoms with Crippen molar-refractivity contribution in [1.82, 2.24) is 5.32 Å². The highest BCUT2D eigenvalue weighted by Crippen LogP contribution is 2.40. The number of hydrogen-bond acceptors (Lipinski definition) is 3. The summed E-state index contributed by atoms with van der Waals surface area (Å²) in [5.41, 5.74) is 4.56. The number of fused-ring (bicyclic) bond motifs is 1. The van der Waals surface area contributed by atoms with Gasteiger partial charge in [-0.05, 0) is 66.3 Å². The smallest absolute Gasteiger partial charge is 0.256 e. The van der Waals surface area contributed by atoms with Gasteiger partial charge in [0.15, 0.2) is 5.78 Å². The summed E-state index contributed by atoms with van der Waals surface area (Å²) < 4.78 is 0. The number of rotatable bonds is 5. The third-order valence-electron chi connectivity index (χ3n) is 6.61. The van der Waals surface area contributed by atoms with Crippen LogP contribution in [0.25, 0.3) is 10.8 Å². The van der Waals surface area contributed by atoms with Gasteiger partial charge in [-0.3, -0.25) is 9.59 Å². The summed E-state index contributed by atoms with van der Waals surface area (Å²) in [5, 5.41) is 9.06. The molecule has 3 aromatic rings. The summed E-state index contributed by atoms with van der Waals surface area (Å²) in [6, 6.07) is 19.7. The second kappa shape index (κ2) is 8.53. The van der Waals surface area contributed by atoms with Gasteiger partial charge in [0.1, 0.15) is 0 Å². The zero-order valence-electron chi connectivity index (χ0n) is 18.0. The Balaban J connectivity index is 1.28. The van der Waals surface area contributed by atoms with Gasteiger partial charge in [0.25, 0.3) is 5.91 Å². The molecule has 1 aliphatic carbocycles. The molecule has 4 nitrogen and oxygen atoms in total. The molecular weight excluding hydrogens is 420 g/mol. The Morgan fingerprint density at radius 3 is 2.75 bits per heavy atom. The van der Waals surface area contributed by atoms with Gasteiger partial charge in [0, 0.05) is 34.8 Å². The number of allylic oxidation sites excluding steroid dienone is 1. The zero-order valence-corrected chi connectivity index (χ0v) is 18.7. The van der Waals surface area contributed by atoms with Crippen molar-refractivity contribution in [2.24, 2.45) is 0 Å². The van der Waals surface area contributed by atoms with E-state index in [0.717, 1.165) is 41.2 Å². The standard InChI is InChI=1S/C27H25ClN2O2/c1-16-18(8-5-11-25(16)31)14-24-26(30-24)22-13-12-19(15-23(22)28)29-27(32)21-10-4-7-17-6-2-3-9-20(17)21/h2-4,6-7,9-10,12-13,15,24,26,30H,5,8,11,14H2,1H3,(H,29,32). The molecule has 0 aromatic heterocycles. The van der Waals surface area contributed by atoms with E-state index in [2.05, 4.69) is 10.6 Å². The summed E-state index contributed by atoms with van der Waals surface area (Å²) in [6.07, 6.45) is 3.52. The van der Waals surface area contributed by atoms with Crippen LogP contribution in [-0.2, 0) is 4.79 Å². The van der Waals surface area contributed by atoms with Crippen LogP contribution in [-0.4, -0.2) is 17.7 Å². The van der Waals surface area contributed by atoms with Crippen molar-refractivity contribution < 1.29 is 9.59 Å². The van der Waals surface area contributed by atoms with Crippen LogP contribution in [0.2, 0.25) is 5.02 Å². The average molecular weight is 445 g/mol. The quantitative estimate of drug-likeness (QED) is 0.459. The topological polar surface area (TPSA) is 68.1 Å². The Labute approximate surface area is 192 Å². The largest absolute Gasteiger partial charge is 0.322 e. The summed E-state index contributed by atoms with van der Waals surface area (Å²) in [4.78, 5) is 24.9. The number of carbonyl (C=O) groups is 2. The predicted octanol–water partition coefficient (Wildman–Crippen LogP) is 6.22. The van der Waals surface area contributed by atoms with E-state index < -0.39 is 0 Å². The molecule has 162 valence electrons. The summed E-state index contributed by atoms with van der Waals surface area (Å²) >= 11 is 6.59. The van der Waals surface area contributed by atoms with Gasteiger partial charge in [0.05, 0.1) is 0 Å². The van der Waals surface area contributed by atoms with Crippen LogP contribution in [0.3, 0.4) is 0 Å². The van der Waals surface area contributed by atoms with E-state index >= 15 is 0 Å². The molecule has 2 aliphatic rings. The minimum Gasteiger partial charge on any atom is -0.322 e. The molecule has 5 heteroatoms. The molecule has 2 unspecified atom stereocenters. The zero-order chi connectivity index (χ0) is 22.2. The highest BCUT2D eigenvalue weighted by Gasteiger charge is 2.39. The predicted molar refractivity (Wildman–Crippen MR) is 129 cm³/mol. The molecule has 1 fully saturated rings. The Bertz CT molecular complexity index is 1260. The van der Waals surface area contributed by atoms with Crippen molar-refractivity contribution in [3.8, 4) is 0 Å². The molecule has 1 aliphatic heterocycles. The fourth-order valence-electron chi connectivity index (χ4n) is 4.69. The van der Waals surface area contributed by atoms with Gasteiger partial charge in [-0.15, -0.1) is 0 Å². The third-order valence-corrected chi connectivity index (χ3v) is 6.94. The Morgan fingerprint density at radius 2 is 1.91 bits per heavy atom. The molecule has 2 atom stereocenters. The van der Waals surface area contributed by atoms with Crippen LogP contribution >= 0.6 is 11.6 Å². The molecule has 1 heterocycles. The normalized spacial score (nSPS) is 20.5. The van der Waals surface area contributed by atoms with E-state index in [1.807, 2.05) is 67.6 Å². The maximum absolute atomic E-state index is 12.9. The third kappa shape index (κ3) is 4.08. The van der Waals surface area contributed by atoms with Crippen LogP contribution in [0.5, 0.6) is 0 Å². The number of hydrogen-bond donors (Lipinski definition) is 2. The minimum absolute atomic E-state index is 0.155. The highest BCUT2D eigenvalue weighted by atomic mass is 35.5. The lowest BCUT2D eigenvalue weighted by Crippen LogP contribution is -2.12. The molecule has 1 amide bonds. The van der Waals surface area contributed by atoms with Crippen LogP contribution in [0.4, 0.5) is 5.69 Å². The number of nitrogens with one attached hydrogen (secondary N) is 2. The van der Waals surface area contributed by atoms with Crippen molar-refractivity contribution >= 4 is 39.8 Å². The first-order valence-electron chi connectivity index (χ1n) is 11.1. The van der Waals surface area contributed by atoms with Gasteiger partial charge < -0.3 is 10.6 Å². The first-order valence-corrected chi connectivity index (χ1v) is 11.5. The molecular formula is C27H25ClN2O2. The lowest BCUT2D eigenvalue weighted by atomic mass is 9.88. The summed E-state index contributed by atoms with van der Waals surface area (Å²) in [7, 11) is 0. The Hall–Kier alpha value is -2.95. The van der Waals surface area contributed by atoms with Crippen LogP contribution in [0.1, 0.15) is 54.6 Å². The maximum atomic E-state index is 12.9. The van der Waals surface area contributed by atoms with Crippen molar-refractivity contribution in [2.75, 3.05) is 5.32 Å². The molecule has 0 saturated carbocycles. The molecule has 3 aromatic carbocycles. The Kier molecular flexibility index (Phi) is 5.58. The number of anilines is 1. The monoisotopic (exact) mass is 444 g/mol. The molecule has 32 heavy (non-hydrogen) atoms. The van der Waals surface area contributed by atoms with Gasteiger partial charge in [-0.25, -0.2) is 0 Å². The Morgan fingerprint density at radius 1 is 1.09 bits per heavy atom. The SMILES string of the molecule is CC1=C(CC2NC2c2ccc(NC(=O)c3cccc4ccccc34)cc2Cl)CCCC1=O. The second-order valence-corrected chi connectivity index (χ2v) is 9.08. The average Bonchev–Trinajstić information content (AvgIpc) is 3.55. The summed E-state index contributed by atoms with van der Waals surface area (Å²) in [5.74, 6) is 0.130. The van der Waals surface area contributed by atoms with Gasteiger partial charge in [0.2, 0.25) is 0 Å². The van der Waals surface area contributed by atoms with E-state index in [4.69, 9.17) is 11.6 Å². The van der Waals surface area contributed by atoms with Crippen LogP contribution < -0.4 is 10.6 Å². The molecule has 0 bridgehead atoms. The van der Waals surface area contributed by atoms with E-state index in [-0.39, 0.29) is 17.7 Å². The second-order valence-electron chi connectivity index (χ2n) is 8.68. The van der Waals surface area contributed by atoms with E-state index in [0.29, 0.717) is 28.7 Å². The fourth-order valence-corrected chi connectivity index (χ4v) is 4.99. The first-order chi connectivity index (χ1) is 15.5.